The Morgan fingerprint density at radius 3 is 2.40 bits per heavy atom. The van der Waals surface area contributed by atoms with Crippen molar-refractivity contribution < 1.29 is 19.4 Å². The van der Waals surface area contributed by atoms with Gasteiger partial charge in [-0.3, -0.25) is 4.79 Å². The maximum absolute atomic E-state index is 11.1. The van der Waals surface area contributed by atoms with Gasteiger partial charge < -0.3 is 19.9 Å². The lowest BCUT2D eigenvalue weighted by Crippen LogP contribution is -2.31. The second kappa shape index (κ2) is 9.69. The van der Waals surface area contributed by atoms with Gasteiger partial charge in [0.25, 0.3) is 0 Å². The first kappa shape index (κ1) is 18.8. The SMILES string of the molecule is COc1ccc(CCC(CC(=O)O)NCc2ccccc2)cc1OC. The standard InChI is InChI=1S/C20H25NO4/c1-24-18-11-9-15(12-19(18)25-2)8-10-17(13-20(22)23)21-14-16-6-4-3-5-7-16/h3-7,9,11-12,17,21H,8,10,13-14H2,1-2H3,(H,22,23). The van der Waals surface area contributed by atoms with E-state index in [2.05, 4.69) is 5.32 Å². The number of aliphatic carboxylic acids is 1. The highest BCUT2D eigenvalue weighted by Gasteiger charge is 2.14. The Balaban J connectivity index is 1.96. The van der Waals surface area contributed by atoms with Crippen LogP contribution in [0.4, 0.5) is 0 Å². The first-order valence-electron chi connectivity index (χ1n) is 8.32. The Bertz CT molecular complexity index is 673. The number of rotatable bonds is 10. The molecular formula is C20H25NO4. The zero-order chi connectivity index (χ0) is 18.1. The summed E-state index contributed by atoms with van der Waals surface area (Å²) in [6.07, 6.45) is 1.59. The largest absolute Gasteiger partial charge is 0.493 e. The number of carbonyl (C=O) groups is 1. The smallest absolute Gasteiger partial charge is 0.304 e. The molecule has 0 saturated carbocycles. The Hall–Kier alpha value is -2.53. The number of methoxy groups -OCH3 is 2. The van der Waals surface area contributed by atoms with Gasteiger partial charge in [0, 0.05) is 12.6 Å². The molecule has 0 spiro atoms. The van der Waals surface area contributed by atoms with Gasteiger partial charge in [-0.05, 0) is 36.1 Å². The highest BCUT2D eigenvalue weighted by molar-refractivity contribution is 5.67. The lowest BCUT2D eigenvalue weighted by atomic mass is 10.0. The van der Waals surface area contributed by atoms with E-state index in [4.69, 9.17) is 14.6 Å². The summed E-state index contributed by atoms with van der Waals surface area (Å²) in [6, 6.07) is 15.7. The van der Waals surface area contributed by atoms with Crippen LogP contribution in [0.15, 0.2) is 48.5 Å². The topological polar surface area (TPSA) is 67.8 Å². The molecule has 134 valence electrons. The minimum absolute atomic E-state index is 0.0918. The van der Waals surface area contributed by atoms with Crippen LogP contribution in [0.1, 0.15) is 24.0 Å². The van der Waals surface area contributed by atoms with Gasteiger partial charge in [-0.2, -0.15) is 0 Å². The lowest BCUT2D eigenvalue weighted by molar-refractivity contribution is -0.137. The zero-order valence-corrected chi connectivity index (χ0v) is 14.7. The first-order chi connectivity index (χ1) is 12.1. The molecule has 0 saturated heterocycles. The fourth-order valence-electron chi connectivity index (χ4n) is 2.72. The molecule has 0 heterocycles. The molecule has 0 amide bonds. The van der Waals surface area contributed by atoms with E-state index in [9.17, 15) is 4.79 Å². The predicted octanol–water partition coefficient (Wildman–Crippen LogP) is 3.27. The van der Waals surface area contributed by atoms with Gasteiger partial charge in [-0.1, -0.05) is 36.4 Å². The van der Waals surface area contributed by atoms with Crippen LogP contribution in [0.2, 0.25) is 0 Å². The molecule has 1 unspecified atom stereocenters. The number of carboxylic acids is 1. The van der Waals surface area contributed by atoms with Crippen molar-refractivity contribution in [3.05, 3.63) is 59.7 Å². The Kier molecular flexibility index (Phi) is 7.29. The molecule has 0 aliphatic carbocycles. The van der Waals surface area contributed by atoms with Gasteiger partial charge in [0.05, 0.1) is 20.6 Å². The predicted molar refractivity (Wildman–Crippen MR) is 97.2 cm³/mol. The number of ether oxygens (including phenoxy) is 2. The van der Waals surface area contributed by atoms with Crippen LogP contribution in [0, 0.1) is 0 Å². The van der Waals surface area contributed by atoms with Crippen LogP contribution in [-0.4, -0.2) is 31.3 Å². The molecule has 0 radical (unpaired) electrons. The minimum Gasteiger partial charge on any atom is -0.493 e. The van der Waals surface area contributed by atoms with E-state index < -0.39 is 5.97 Å². The molecule has 2 aromatic rings. The maximum atomic E-state index is 11.1. The molecule has 2 N–H and O–H groups in total. The highest BCUT2D eigenvalue weighted by atomic mass is 16.5. The van der Waals surface area contributed by atoms with E-state index >= 15 is 0 Å². The summed E-state index contributed by atoms with van der Waals surface area (Å²) >= 11 is 0. The van der Waals surface area contributed by atoms with Gasteiger partial charge in [0.1, 0.15) is 0 Å². The molecule has 1 atom stereocenters. The first-order valence-corrected chi connectivity index (χ1v) is 8.32. The molecule has 0 bridgehead atoms. The van der Waals surface area contributed by atoms with Crippen molar-refractivity contribution in [1.82, 2.24) is 5.32 Å². The summed E-state index contributed by atoms with van der Waals surface area (Å²) in [5, 5.41) is 12.5. The fraction of sp³-hybridized carbons (Fsp3) is 0.350. The van der Waals surface area contributed by atoms with Crippen LogP contribution < -0.4 is 14.8 Å². The van der Waals surface area contributed by atoms with Gasteiger partial charge in [0.15, 0.2) is 11.5 Å². The maximum Gasteiger partial charge on any atom is 0.304 e. The average molecular weight is 343 g/mol. The van der Waals surface area contributed by atoms with Gasteiger partial charge in [-0.25, -0.2) is 0 Å². The summed E-state index contributed by atoms with van der Waals surface area (Å²) < 4.78 is 10.6. The Morgan fingerprint density at radius 1 is 1.04 bits per heavy atom. The van der Waals surface area contributed by atoms with Crippen LogP contribution in [-0.2, 0) is 17.8 Å². The van der Waals surface area contributed by atoms with Gasteiger partial charge in [0.2, 0.25) is 0 Å². The van der Waals surface area contributed by atoms with Gasteiger partial charge in [-0.15, -0.1) is 0 Å². The number of carboxylic acid groups (broad SMARTS) is 1. The molecule has 0 aliphatic rings. The third-order valence-corrected chi connectivity index (χ3v) is 4.09. The van der Waals surface area contributed by atoms with Crippen LogP contribution in [0.5, 0.6) is 11.5 Å². The molecular weight excluding hydrogens is 318 g/mol. The molecule has 5 nitrogen and oxygen atoms in total. The van der Waals surface area contributed by atoms with E-state index in [1.165, 1.54) is 0 Å². The van der Waals surface area contributed by atoms with Crippen molar-refractivity contribution >= 4 is 5.97 Å². The highest BCUT2D eigenvalue weighted by Crippen LogP contribution is 2.28. The normalized spacial score (nSPS) is 11.8. The summed E-state index contributed by atoms with van der Waals surface area (Å²) in [5.74, 6) is 0.584. The summed E-state index contributed by atoms with van der Waals surface area (Å²) in [7, 11) is 3.21. The third kappa shape index (κ3) is 6.12. The monoisotopic (exact) mass is 343 g/mol. The van der Waals surface area contributed by atoms with E-state index in [1.54, 1.807) is 14.2 Å². The van der Waals surface area contributed by atoms with Crippen molar-refractivity contribution in [3.8, 4) is 11.5 Å². The lowest BCUT2D eigenvalue weighted by Gasteiger charge is -2.17. The van der Waals surface area contributed by atoms with E-state index in [0.29, 0.717) is 18.0 Å². The van der Waals surface area contributed by atoms with Crippen molar-refractivity contribution in [2.75, 3.05) is 14.2 Å². The van der Waals surface area contributed by atoms with E-state index in [1.807, 2.05) is 48.5 Å². The fourth-order valence-corrected chi connectivity index (χ4v) is 2.72. The van der Waals surface area contributed by atoms with Crippen molar-refractivity contribution in [1.29, 1.82) is 0 Å². The molecule has 0 fully saturated rings. The Morgan fingerprint density at radius 2 is 1.76 bits per heavy atom. The molecule has 5 heteroatoms. The van der Waals surface area contributed by atoms with Crippen molar-refractivity contribution in [2.45, 2.75) is 31.8 Å². The second-order valence-electron chi connectivity index (χ2n) is 5.89. The Labute approximate surface area is 148 Å². The van der Waals surface area contributed by atoms with Crippen molar-refractivity contribution in [2.24, 2.45) is 0 Å². The quantitative estimate of drug-likeness (QED) is 0.693. The third-order valence-electron chi connectivity index (χ3n) is 4.09. The van der Waals surface area contributed by atoms with Crippen LogP contribution >= 0.6 is 0 Å². The molecule has 2 aromatic carbocycles. The molecule has 0 aromatic heterocycles. The molecule has 2 rings (SSSR count). The van der Waals surface area contributed by atoms with E-state index in [0.717, 1.165) is 24.0 Å². The van der Waals surface area contributed by atoms with E-state index in [-0.39, 0.29) is 12.5 Å². The zero-order valence-electron chi connectivity index (χ0n) is 14.7. The summed E-state index contributed by atoms with van der Waals surface area (Å²) in [6.45, 7) is 0.657. The number of hydrogen-bond donors (Lipinski definition) is 2. The molecule has 25 heavy (non-hydrogen) atoms. The summed E-state index contributed by atoms with van der Waals surface area (Å²) in [4.78, 5) is 11.1. The van der Waals surface area contributed by atoms with Crippen LogP contribution in [0.3, 0.4) is 0 Å². The minimum atomic E-state index is -0.794. The van der Waals surface area contributed by atoms with Crippen molar-refractivity contribution in [3.63, 3.8) is 0 Å². The van der Waals surface area contributed by atoms with Gasteiger partial charge >= 0.3 is 5.97 Å². The average Bonchev–Trinajstić information content (AvgIpc) is 2.64. The second-order valence-corrected chi connectivity index (χ2v) is 5.89. The number of hydrogen-bond acceptors (Lipinski definition) is 4. The number of nitrogens with one attached hydrogen (secondary N) is 1. The number of aryl methyl sites for hydroxylation is 1. The molecule has 0 aliphatic heterocycles. The number of benzene rings is 2. The summed E-state index contributed by atoms with van der Waals surface area (Å²) in [5.41, 5.74) is 2.23. The van der Waals surface area contributed by atoms with Crippen LogP contribution in [0.25, 0.3) is 0 Å².